The van der Waals surface area contributed by atoms with E-state index in [2.05, 4.69) is 25.6 Å². The van der Waals surface area contributed by atoms with Gasteiger partial charge in [0, 0.05) is 17.1 Å². The van der Waals surface area contributed by atoms with Crippen LogP contribution in [0.4, 0.5) is 5.95 Å². The topological polar surface area (TPSA) is 89.6 Å². The predicted molar refractivity (Wildman–Crippen MR) is 68.4 cm³/mol. The number of nitrogens with two attached hydrogens (primary N) is 1. The number of nitrogens with one attached hydrogen (secondary N) is 1. The number of aromatic nitrogens is 4. The molecule has 0 saturated heterocycles. The average molecular weight is 238 g/mol. The standard InChI is InChI=1S/C12H10N6/c13-16-12-15-7-11(17-18-12)9-5-8-3-1-2-4-10(8)14-6-9/h1-7H,13H2,(H,15,16,18). The fourth-order valence-electron chi connectivity index (χ4n) is 1.68. The Kier molecular flexibility index (Phi) is 2.54. The molecule has 0 fully saturated rings. The number of nitrogen functional groups attached to an aromatic ring is 1. The molecule has 6 heteroatoms. The molecule has 0 radical (unpaired) electrons. The van der Waals surface area contributed by atoms with Crippen LogP contribution in [0.1, 0.15) is 0 Å². The van der Waals surface area contributed by atoms with Gasteiger partial charge in [0.25, 0.3) is 5.95 Å². The molecular formula is C12H10N6. The minimum Gasteiger partial charge on any atom is -0.291 e. The summed E-state index contributed by atoms with van der Waals surface area (Å²) in [6.07, 6.45) is 3.36. The van der Waals surface area contributed by atoms with Crippen LogP contribution in [0.15, 0.2) is 42.7 Å². The van der Waals surface area contributed by atoms with Gasteiger partial charge in [-0.15, -0.1) is 10.2 Å². The highest BCUT2D eigenvalue weighted by Crippen LogP contribution is 2.19. The van der Waals surface area contributed by atoms with Crippen LogP contribution >= 0.6 is 0 Å². The SMILES string of the molecule is NNc1ncc(-c2cnc3ccccc3c2)nn1. The average Bonchev–Trinajstić information content (AvgIpc) is 2.47. The molecule has 2 aromatic heterocycles. The zero-order valence-corrected chi connectivity index (χ0v) is 9.41. The molecule has 0 amide bonds. The Morgan fingerprint density at radius 3 is 2.67 bits per heavy atom. The second-order valence-corrected chi connectivity index (χ2v) is 3.73. The number of anilines is 1. The molecule has 1 aromatic carbocycles. The fourth-order valence-corrected chi connectivity index (χ4v) is 1.68. The van der Waals surface area contributed by atoms with Crippen molar-refractivity contribution in [2.75, 3.05) is 5.43 Å². The van der Waals surface area contributed by atoms with E-state index in [0.717, 1.165) is 16.5 Å². The molecule has 2 heterocycles. The number of para-hydroxylation sites is 1. The first-order chi connectivity index (χ1) is 8.86. The van der Waals surface area contributed by atoms with Gasteiger partial charge in [0.15, 0.2) is 0 Å². The summed E-state index contributed by atoms with van der Waals surface area (Å²) in [4.78, 5) is 8.38. The highest BCUT2D eigenvalue weighted by molar-refractivity contribution is 5.82. The minimum absolute atomic E-state index is 0.285. The molecule has 0 atom stereocenters. The number of hydrazine groups is 1. The molecule has 0 unspecified atom stereocenters. The van der Waals surface area contributed by atoms with Gasteiger partial charge in [-0.3, -0.25) is 10.4 Å². The van der Waals surface area contributed by atoms with Crippen LogP contribution < -0.4 is 11.3 Å². The summed E-state index contributed by atoms with van der Waals surface area (Å²) in [5, 5.41) is 8.91. The molecule has 0 aliphatic heterocycles. The second-order valence-electron chi connectivity index (χ2n) is 3.73. The normalized spacial score (nSPS) is 10.5. The van der Waals surface area contributed by atoms with Gasteiger partial charge in [-0.1, -0.05) is 18.2 Å². The van der Waals surface area contributed by atoms with E-state index in [1.54, 1.807) is 12.4 Å². The summed E-state index contributed by atoms with van der Waals surface area (Å²) in [5.41, 5.74) is 4.81. The third kappa shape index (κ3) is 1.85. The summed E-state index contributed by atoms with van der Waals surface area (Å²) in [7, 11) is 0. The van der Waals surface area contributed by atoms with Crippen molar-refractivity contribution in [2.45, 2.75) is 0 Å². The van der Waals surface area contributed by atoms with Crippen molar-refractivity contribution < 1.29 is 0 Å². The van der Waals surface area contributed by atoms with Gasteiger partial charge >= 0.3 is 0 Å². The van der Waals surface area contributed by atoms with E-state index in [4.69, 9.17) is 5.84 Å². The van der Waals surface area contributed by atoms with Crippen LogP contribution in [0.2, 0.25) is 0 Å². The van der Waals surface area contributed by atoms with Crippen LogP contribution in [0.5, 0.6) is 0 Å². The van der Waals surface area contributed by atoms with Gasteiger partial charge in [0.2, 0.25) is 0 Å². The van der Waals surface area contributed by atoms with Gasteiger partial charge in [-0.25, -0.2) is 10.8 Å². The van der Waals surface area contributed by atoms with Gasteiger partial charge in [-0.05, 0) is 12.1 Å². The van der Waals surface area contributed by atoms with Crippen molar-refractivity contribution in [1.29, 1.82) is 0 Å². The van der Waals surface area contributed by atoms with Crippen molar-refractivity contribution in [2.24, 2.45) is 5.84 Å². The number of hydrogen-bond acceptors (Lipinski definition) is 6. The lowest BCUT2D eigenvalue weighted by atomic mass is 10.1. The largest absolute Gasteiger partial charge is 0.291 e. The van der Waals surface area contributed by atoms with E-state index in [-0.39, 0.29) is 5.95 Å². The summed E-state index contributed by atoms with van der Waals surface area (Å²) in [5.74, 6) is 5.47. The molecule has 88 valence electrons. The number of benzene rings is 1. The lowest BCUT2D eigenvalue weighted by Gasteiger charge is -2.02. The van der Waals surface area contributed by atoms with E-state index >= 15 is 0 Å². The molecule has 3 aromatic rings. The molecule has 0 bridgehead atoms. The maximum Gasteiger partial charge on any atom is 0.256 e. The number of hydrogen-bond donors (Lipinski definition) is 2. The van der Waals surface area contributed by atoms with E-state index in [1.165, 1.54) is 0 Å². The summed E-state index contributed by atoms with van der Waals surface area (Å²) in [6, 6.07) is 9.90. The Morgan fingerprint density at radius 1 is 1.00 bits per heavy atom. The molecule has 0 spiro atoms. The Hall–Kier alpha value is -2.60. The van der Waals surface area contributed by atoms with Crippen molar-refractivity contribution >= 4 is 16.9 Å². The molecule has 6 nitrogen and oxygen atoms in total. The van der Waals surface area contributed by atoms with Crippen LogP contribution in [-0.2, 0) is 0 Å². The molecule has 3 N–H and O–H groups in total. The van der Waals surface area contributed by atoms with Gasteiger partial charge in [0.05, 0.1) is 11.7 Å². The van der Waals surface area contributed by atoms with Crippen molar-refractivity contribution in [1.82, 2.24) is 20.2 Å². The zero-order chi connectivity index (χ0) is 12.4. The first-order valence-corrected chi connectivity index (χ1v) is 5.38. The molecule has 0 aliphatic carbocycles. The zero-order valence-electron chi connectivity index (χ0n) is 9.41. The van der Waals surface area contributed by atoms with Crippen LogP contribution in [0.3, 0.4) is 0 Å². The van der Waals surface area contributed by atoms with E-state index in [1.807, 2.05) is 30.3 Å². The fraction of sp³-hybridized carbons (Fsp3) is 0. The van der Waals surface area contributed by atoms with Crippen molar-refractivity contribution in [3.63, 3.8) is 0 Å². The quantitative estimate of drug-likeness (QED) is 0.517. The highest BCUT2D eigenvalue weighted by atomic mass is 15.3. The third-order valence-corrected chi connectivity index (χ3v) is 2.58. The van der Waals surface area contributed by atoms with Gasteiger partial charge < -0.3 is 0 Å². The Balaban J connectivity index is 2.07. The van der Waals surface area contributed by atoms with E-state index < -0.39 is 0 Å². The first kappa shape index (κ1) is 10.5. The minimum atomic E-state index is 0.285. The predicted octanol–water partition coefficient (Wildman–Crippen LogP) is 1.37. The Labute approximate surface area is 103 Å². The lowest BCUT2D eigenvalue weighted by molar-refractivity contribution is 0.968. The maximum atomic E-state index is 5.19. The smallest absolute Gasteiger partial charge is 0.256 e. The summed E-state index contributed by atoms with van der Waals surface area (Å²) in [6.45, 7) is 0. The number of pyridine rings is 1. The third-order valence-electron chi connectivity index (χ3n) is 2.58. The van der Waals surface area contributed by atoms with Crippen molar-refractivity contribution in [3.8, 4) is 11.3 Å². The van der Waals surface area contributed by atoms with Gasteiger partial charge in [0.1, 0.15) is 5.69 Å². The summed E-state index contributed by atoms with van der Waals surface area (Å²) >= 11 is 0. The molecule has 0 aliphatic rings. The monoisotopic (exact) mass is 238 g/mol. The second kappa shape index (κ2) is 4.34. The molecule has 3 rings (SSSR count). The number of rotatable bonds is 2. The van der Waals surface area contributed by atoms with E-state index in [9.17, 15) is 0 Å². The summed E-state index contributed by atoms with van der Waals surface area (Å²) < 4.78 is 0. The molecule has 18 heavy (non-hydrogen) atoms. The lowest BCUT2D eigenvalue weighted by Crippen LogP contribution is -2.11. The molecular weight excluding hydrogens is 228 g/mol. The van der Waals surface area contributed by atoms with E-state index in [0.29, 0.717) is 5.69 Å². The van der Waals surface area contributed by atoms with Gasteiger partial charge in [-0.2, -0.15) is 0 Å². The molecule has 0 saturated carbocycles. The Morgan fingerprint density at radius 2 is 1.89 bits per heavy atom. The number of nitrogens with zero attached hydrogens (tertiary/aromatic N) is 4. The maximum absolute atomic E-state index is 5.19. The van der Waals surface area contributed by atoms with Crippen LogP contribution in [0, 0.1) is 0 Å². The first-order valence-electron chi connectivity index (χ1n) is 5.38. The highest BCUT2D eigenvalue weighted by Gasteiger charge is 2.03. The van der Waals surface area contributed by atoms with Crippen LogP contribution in [0.25, 0.3) is 22.2 Å². The Bertz CT molecular complexity index is 679. The van der Waals surface area contributed by atoms with Crippen LogP contribution in [-0.4, -0.2) is 20.2 Å². The number of fused-ring (bicyclic) bond motifs is 1. The van der Waals surface area contributed by atoms with Crippen molar-refractivity contribution in [3.05, 3.63) is 42.7 Å².